The van der Waals surface area contributed by atoms with Crippen LogP contribution in [0, 0.1) is 19.8 Å². The first kappa shape index (κ1) is 19.2. The van der Waals surface area contributed by atoms with Gasteiger partial charge in [0.05, 0.1) is 6.61 Å². The van der Waals surface area contributed by atoms with Crippen molar-refractivity contribution in [2.24, 2.45) is 5.92 Å². The molecule has 0 saturated heterocycles. The Hall–Kier alpha value is -2.14. The number of aryl methyl sites for hydroxylation is 2. The predicted molar refractivity (Wildman–Crippen MR) is 103 cm³/mol. The molecule has 25 heavy (non-hydrogen) atoms. The third-order valence-electron chi connectivity index (χ3n) is 3.79. The highest BCUT2D eigenvalue weighted by Gasteiger charge is 2.23. The van der Waals surface area contributed by atoms with E-state index < -0.39 is 5.97 Å². The molecule has 1 heterocycles. The van der Waals surface area contributed by atoms with Crippen molar-refractivity contribution in [2.45, 2.75) is 41.0 Å². The highest BCUT2D eigenvalue weighted by molar-refractivity contribution is 7.15. The quantitative estimate of drug-likeness (QED) is 0.722. The number of carbonyl (C=O) groups excluding carboxylic acids is 2. The first-order valence-electron chi connectivity index (χ1n) is 8.49. The van der Waals surface area contributed by atoms with E-state index in [-0.39, 0.29) is 11.8 Å². The van der Waals surface area contributed by atoms with Crippen molar-refractivity contribution in [1.29, 1.82) is 0 Å². The van der Waals surface area contributed by atoms with Gasteiger partial charge in [0.1, 0.15) is 10.6 Å². The number of benzene rings is 1. The molecule has 134 valence electrons. The molecule has 0 fully saturated rings. The molecular formula is C20H25NO3S. The maximum Gasteiger partial charge on any atom is 0.341 e. The van der Waals surface area contributed by atoms with Crippen LogP contribution in [0.1, 0.15) is 48.7 Å². The normalized spacial score (nSPS) is 10.8. The minimum absolute atomic E-state index is 0.0884. The number of amides is 1. The number of hydrogen-bond acceptors (Lipinski definition) is 4. The van der Waals surface area contributed by atoms with Crippen molar-refractivity contribution in [3.63, 3.8) is 0 Å². The molecule has 1 aromatic heterocycles. The predicted octanol–water partition coefficient (Wildman–Crippen LogP) is 5.19. The maximum atomic E-state index is 12.5. The lowest BCUT2D eigenvalue weighted by Crippen LogP contribution is -2.16. The number of nitrogens with one attached hydrogen (secondary N) is 1. The Balaban J connectivity index is 2.46. The molecule has 0 spiro atoms. The smallest absolute Gasteiger partial charge is 0.341 e. The first-order valence-corrected chi connectivity index (χ1v) is 9.37. The summed E-state index contributed by atoms with van der Waals surface area (Å²) >= 11 is 1.36. The third-order valence-corrected chi connectivity index (χ3v) is 4.68. The second-order valence-electron chi connectivity index (χ2n) is 6.54. The highest BCUT2D eigenvalue weighted by atomic mass is 32.1. The second kappa shape index (κ2) is 8.30. The molecule has 0 aliphatic rings. The fourth-order valence-electron chi connectivity index (χ4n) is 2.72. The summed E-state index contributed by atoms with van der Waals surface area (Å²) in [4.78, 5) is 24.7. The van der Waals surface area contributed by atoms with Gasteiger partial charge < -0.3 is 10.1 Å². The van der Waals surface area contributed by atoms with Crippen molar-refractivity contribution in [3.8, 4) is 11.1 Å². The van der Waals surface area contributed by atoms with Gasteiger partial charge in [-0.15, -0.1) is 11.3 Å². The van der Waals surface area contributed by atoms with Gasteiger partial charge in [0.25, 0.3) is 0 Å². The lowest BCUT2D eigenvalue weighted by molar-refractivity contribution is -0.116. The fourth-order valence-corrected chi connectivity index (χ4v) is 3.68. The number of esters is 1. The fraction of sp³-hybridized carbons (Fsp3) is 0.400. The van der Waals surface area contributed by atoms with Gasteiger partial charge >= 0.3 is 5.97 Å². The molecule has 0 aliphatic carbocycles. The van der Waals surface area contributed by atoms with Crippen LogP contribution < -0.4 is 5.32 Å². The summed E-state index contributed by atoms with van der Waals surface area (Å²) < 4.78 is 5.23. The zero-order chi connectivity index (χ0) is 18.6. The summed E-state index contributed by atoms with van der Waals surface area (Å²) in [6.45, 7) is 10.1. The molecule has 2 rings (SSSR count). The van der Waals surface area contributed by atoms with Crippen LogP contribution in [-0.2, 0) is 9.53 Å². The summed E-state index contributed by atoms with van der Waals surface area (Å²) in [6, 6.07) is 6.11. The van der Waals surface area contributed by atoms with E-state index in [0.717, 1.165) is 16.7 Å². The van der Waals surface area contributed by atoms with E-state index in [4.69, 9.17) is 4.74 Å². The van der Waals surface area contributed by atoms with Crippen LogP contribution in [0.15, 0.2) is 23.6 Å². The Morgan fingerprint density at radius 1 is 1.20 bits per heavy atom. The van der Waals surface area contributed by atoms with Gasteiger partial charge in [-0.2, -0.15) is 0 Å². The molecule has 0 atom stereocenters. The number of carbonyl (C=O) groups is 2. The molecule has 1 aromatic carbocycles. The van der Waals surface area contributed by atoms with E-state index in [1.165, 1.54) is 16.9 Å². The van der Waals surface area contributed by atoms with Crippen LogP contribution in [0.2, 0.25) is 0 Å². The van der Waals surface area contributed by atoms with E-state index >= 15 is 0 Å². The number of rotatable bonds is 6. The molecule has 1 amide bonds. The Labute approximate surface area is 153 Å². The summed E-state index contributed by atoms with van der Waals surface area (Å²) in [5, 5.41) is 5.35. The SMILES string of the molecule is CCOC(=O)c1c(-c2ccc(C)cc2C)csc1NC(=O)CC(C)C. The first-order chi connectivity index (χ1) is 11.8. The van der Waals surface area contributed by atoms with E-state index in [9.17, 15) is 9.59 Å². The Kier molecular flexibility index (Phi) is 6.37. The lowest BCUT2D eigenvalue weighted by atomic mass is 9.97. The summed E-state index contributed by atoms with van der Waals surface area (Å²) in [5.74, 6) is -0.238. The van der Waals surface area contributed by atoms with Crippen LogP contribution >= 0.6 is 11.3 Å². The van der Waals surface area contributed by atoms with E-state index in [1.54, 1.807) is 6.92 Å². The van der Waals surface area contributed by atoms with Crippen molar-refractivity contribution in [3.05, 3.63) is 40.3 Å². The van der Waals surface area contributed by atoms with Gasteiger partial charge in [-0.05, 0) is 37.8 Å². The number of hydrogen-bond donors (Lipinski definition) is 1. The molecule has 0 unspecified atom stereocenters. The van der Waals surface area contributed by atoms with Crippen molar-refractivity contribution in [2.75, 3.05) is 11.9 Å². The standard InChI is InChI=1S/C20H25NO3S/c1-6-24-20(23)18-16(15-8-7-13(4)10-14(15)5)11-25-19(18)21-17(22)9-12(2)3/h7-8,10-12H,6,9H2,1-5H3,(H,21,22). The average Bonchev–Trinajstić information content (AvgIpc) is 2.89. The van der Waals surface area contributed by atoms with Crippen LogP contribution in [0.25, 0.3) is 11.1 Å². The molecule has 0 bridgehead atoms. The van der Waals surface area contributed by atoms with Crippen LogP contribution in [0.3, 0.4) is 0 Å². The largest absolute Gasteiger partial charge is 0.462 e. The van der Waals surface area contributed by atoms with Gasteiger partial charge in [-0.1, -0.05) is 37.6 Å². The zero-order valence-electron chi connectivity index (χ0n) is 15.4. The minimum Gasteiger partial charge on any atom is -0.462 e. The van der Waals surface area contributed by atoms with E-state index in [2.05, 4.69) is 11.4 Å². The molecule has 5 heteroatoms. The van der Waals surface area contributed by atoms with Crippen LogP contribution in [-0.4, -0.2) is 18.5 Å². The second-order valence-corrected chi connectivity index (χ2v) is 7.42. The number of ether oxygens (including phenoxy) is 1. The lowest BCUT2D eigenvalue weighted by Gasteiger charge is -2.11. The van der Waals surface area contributed by atoms with Crippen LogP contribution in [0.5, 0.6) is 0 Å². The summed E-state index contributed by atoms with van der Waals surface area (Å²) in [6.07, 6.45) is 0.416. The highest BCUT2D eigenvalue weighted by Crippen LogP contribution is 2.38. The Morgan fingerprint density at radius 2 is 1.92 bits per heavy atom. The Morgan fingerprint density at radius 3 is 2.52 bits per heavy atom. The van der Waals surface area contributed by atoms with Crippen molar-refractivity contribution in [1.82, 2.24) is 0 Å². The molecule has 0 saturated carbocycles. The van der Waals surface area contributed by atoms with Gasteiger partial charge in [-0.25, -0.2) is 4.79 Å². The molecular weight excluding hydrogens is 334 g/mol. The number of anilines is 1. The summed E-state index contributed by atoms with van der Waals surface area (Å²) in [7, 11) is 0. The van der Waals surface area contributed by atoms with Gasteiger partial charge in [0.15, 0.2) is 0 Å². The maximum absolute atomic E-state index is 12.5. The van der Waals surface area contributed by atoms with Gasteiger partial charge in [0.2, 0.25) is 5.91 Å². The van der Waals surface area contributed by atoms with E-state index in [0.29, 0.717) is 23.6 Å². The van der Waals surface area contributed by atoms with Gasteiger partial charge in [0, 0.05) is 17.4 Å². The van der Waals surface area contributed by atoms with Crippen molar-refractivity contribution >= 4 is 28.2 Å². The zero-order valence-corrected chi connectivity index (χ0v) is 16.3. The molecule has 1 N–H and O–H groups in total. The summed E-state index contributed by atoms with van der Waals surface area (Å²) in [5.41, 5.74) is 4.48. The monoisotopic (exact) mass is 359 g/mol. The number of thiophene rings is 1. The Bertz CT molecular complexity index is 777. The average molecular weight is 359 g/mol. The van der Waals surface area contributed by atoms with Crippen LogP contribution in [0.4, 0.5) is 5.00 Å². The van der Waals surface area contributed by atoms with Crippen molar-refractivity contribution < 1.29 is 14.3 Å². The molecule has 0 aliphatic heterocycles. The molecule has 0 radical (unpaired) electrons. The van der Waals surface area contributed by atoms with E-state index in [1.807, 2.05) is 45.2 Å². The third kappa shape index (κ3) is 4.69. The van der Waals surface area contributed by atoms with Gasteiger partial charge in [-0.3, -0.25) is 4.79 Å². The minimum atomic E-state index is -0.404. The molecule has 2 aromatic rings. The molecule has 4 nitrogen and oxygen atoms in total. The topological polar surface area (TPSA) is 55.4 Å².